The number of hydrogen-bond donors (Lipinski definition) is 0. The molecule has 2 atom stereocenters. The van der Waals surface area contributed by atoms with Gasteiger partial charge < -0.3 is 0 Å². The normalized spacial score (nSPS) is 25.7. The van der Waals surface area contributed by atoms with Crippen LogP contribution in [0.5, 0.6) is 0 Å². The van der Waals surface area contributed by atoms with E-state index in [1.54, 1.807) is 0 Å². The van der Waals surface area contributed by atoms with E-state index in [-0.39, 0.29) is 11.7 Å². The summed E-state index contributed by atoms with van der Waals surface area (Å²) in [6, 6.07) is 16.2. The highest BCUT2D eigenvalue weighted by Crippen LogP contribution is 2.56. The van der Waals surface area contributed by atoms with Gasteiger partial charge in [-0.1, -0.05) is 55.5 Å². The molecule has 21 heavy (non-hydrogen) atoms. The summed E-state index contributed by atoms with van der Waals surface area (Å²) < 4.78 is 12.4. The maximum atomic E-state index is 13.1. The Balaban J connectivity index is 2.13. The number of fused-ring (bicyclic) bond motifs is 5. The maximum Gasteiger partial charge on any atom is 0.138 e. The van der Waals surface area contributed by atoms with Crippen LogP contribution in [-0.2, 0) is 20.3 Å². The zero-order valence-electron chi connectivity index (χ0n) is 11.8. The van der Waals surface area contributed by atoms with Crippen LogP contribution in [0.3, 0.4) is 0 Å². The highest BCUT2D eigenvalue weighted by molar-refractivity contribution is 7.86. The second-order valence-corrected chi connectivity index (χ2v) is 7.56. The van der Waals surface area contributed by atoms with Gasteiger partial charge in [-0.2, -0.15) is 0 Å². The molecule has 1 aliphatic carbocycles. The van der Waals surface area contributed by atoms with Crippen LogP contribution in [0.4, 0.5) is 0 Å². The first-order valence-corrected chi connectivity index (χ1v) is 8.60. The van der Waals surface area contributed by atoms with Gasteiger partial charge in [-0.3, -0.25) is 9.00 Å². The van der Waals surface area contributed by atoms with Crippen LogP contribution in [0.15, 0.2) is 48.5 Å². The van der Waals surface area contributed by atoms with E-state index >= 15 is 0 Å². The van der Waals surface area contributed by atoms with Gasteiger partial charge in [-0.15, -0.1) is 0 Å². The molecule has 0 bridgehead atoms. The van der Waals surface area contributed by atoms with Crippen LogP contribution >= 0.6 is 0 Å². The van der Waals surface area contributed by atoms with Gasteiger partial charge in [0.05, 0.1) is 0 Å². The lowest BCUT2D eigenvalue weighted by Gasteiger charge is -2.39. The van der Waals surface area contributed by atoms with Crippen molar-refractivity contribution in [3.05, 3.63) is 59.7 Å². The predicted octanol–water partition coefficient (Wildman–Crippen LogP) is 3.27. The van der Waals surface area contributed by atoms with Crippen molar-refractivity contribution in [1.82, 2.24) is 0 Å². The van der Waals surface area contributed by atoms with Crippen LogP contribution in [-0.4, -0.2) is 15.7 Å². The molecule has 106 valence electrons. The third-order valence-corrected chi connectivity index (χ3v) is 7.02. The number of carbonyl (C=O) groups is 1. The van der Waals surface area contributed by atoms with E-state index in [9.17, 15) is 9.00 Å². The number of Topliss-reactive ketones (excluding diaryl/α,β-unsaturated/α-hetero) is 1. The quantitative estimate of drug-likeness (QED) is 0.748. The fourth-order valence-corrected chi connectivity index (χ4v) is 6.02. The zero-order chi connectivity index (χ0) is 14.6. The Morgan fingerprint density at radius 1 is 1.00 bits per heavy atom. The molecule has 0 N–H and O–H groups in total. The highest BCUT2D eigenvalue weighted by Gasteiger charge is 2.55. The first-order valence-electron chi connectivity index (χ1n) is 7.28. The van der Waals surface area contributed by atoms with Crippen LogP contribution in [0.1, 0.15) is 24.5 Å². The van der Waals surface area contributed by atoms with Gasteiger partial charge in [0.15, 0.2) is 0 Å². The van der Waals surface area contributed by atoms with Crippen molar-refractivity contribution < 1.29 is 9.00 Å². The summed E-state index contributed by atoms with van der Waals surface area (Å²) in [6.45, 7) is 1.94. The maximum absolute atomic E-state index is 13.1. The predicted molar refractivity (Wildman–Crippen MR) is 84.5 cm³/mol. The van der Waals surface area contributed by atoms with Gasteiger partial charge in [0.25, 0.3) is 0 Å². The van der Waals surface area contributed by atoms with Crippen LogP contribution in [0.2, 0.25) is 0 Å². The first-order chi connectivity index (χ1) is 10.2. The van der Waals surface area contributed by atoms with Crippen molar-refractivity contribution in [2.75, 3.05) is 5.75 Å². The van der Waals surface area contributed by atoms with Crippen molar-refractivity contribution in [3.8, 4) is 11.1 Å². The van der Waals surface area contributed by atoms with E-state index in [4.69, 9.17) is 0 Å². The fraction of sp³-hybridized carbons (Fsp3) is 0.278. The largest absolute Gasteiger partial charge is 0.299 e. The fourth-order valence-electron chi connectivity index (χ4n) is 3.94. The van der Waals surface area contributed by atoms with Crippen LogP contribution < -0.4 is 0 Å². The number of hydrogen-bond acceptors (Lipinski definition) is 2. The Morgan fingerprint density at radius 2 is 1.52 bits per heavy atom. The molecule has 2 aromatic rings. The third-order valence-electron chi connectivity index (χ3n) is 4.93. The molecule has 0 aromatic heterocycles. The molecule has 3 heteroatoms. The lowest BCUT2D eigenvalue weighted by Crippen LogP contribution is -2.47. The molecule has 0 amide bonds. The topological polar surface area (TPSA) is 34.1 Å². The van der Waals surface area contributed by atoms with Crippen LogP contribution in [0, 0.1) is 5.92 Å². The lowest BCUT2D eigenvalue weighted by atomic mass is 9.80. The average molecular weight is 296 g/mol. The minimum Gasteiger partial charge on any atom is -0.299 e. The molecule has 0 radical (unpaired) electrons. The zero-order valence-corrected chi connectivity index (χ0v) is 12.7. The Labute approximate surface area is 126 Å². The molecule has 1 spiro atoms. The molecular weight excluding hydrogens is 280 g/mol. The first kappa shape index (κ1) is 13.0. The van der Waals surface area contributed by atoms with E-state index in [1.807, 2.05) is 43.3 Å². The van der Waals surface area contributed by atoms with Gasteiger partial charge in [0, 0.05) is 28.9 Å². The van der Waals surface area contributed by atoms with E-state index in [2.05, 4.69) is 12.1 Å². The molecule has 1 fully saturated rings. The van der Waals surface area contributed by atoms with Crippen molar-refractivity contribution >= 4 is 16.6 Å². The number of benzene rings is 2. The molecule has 2 unspecified atom stereocenters. The summed E-state index contributed by atoms with van der Waals surface area (Å²) in [6.07, 6.45) is 0.430. The molecule has 1 aliphatic heterocycles. The van der Waals surface area contributed by atoms with Crippen molar-refractivity contribution in [2.24, 2.45) is 5.92 Å². The summed E-state index contributed by atoms with van der Waals surface area (Å²) in [4.78, 5) is 12.4. The van der Waals surface area contributed by atoms with Gasteiger partial charge in [0.1, 0.15) is 10.5 Å². The molecule has 1 saturated heterocycles. The monoisotopic (exact) mass is 296 g/mol. The SMILES string of the molecule is CC1C(=O)CCS(=O)C12c1ccccc1-c1ccccc12. The van der Waals surface area contributed by atoms with Gasteiger partial charge >= 0.3 is 0 Å². The number of ketones is 1. The Kier molecular flexibility index (Phi) is 2.70. The highest BCUT2D eigenvalue weighted by atomic mass is 32.2. The molecule has 2 nitrogen and oxygen atoms in total. The van der Waals surface area contributed by atoms with Crippen molar-refractivity contribution in [2.45, 2.75) is 18.1 Å². The molecule has 0 saturated carbocycles. The average Bonchev–Trinajstić information content (AvgIpc) is 2.82. The van der Waals surface area contributed by atoms with Crippen molar-refractivity contribution in [3.63, 3.8) is 0 Å². The summed E-state index contributed by atoms with van der Waals surface area (Å²) in [5.41, 5.74) is 4.38. The summed E-state index contributed by atoms with van der Waals surface area (Å²) in [5.74, 6) is 0.448. The van der Waals surface area contributed by atoms with Gasteiger partial charge in [0.2, 0.25) is 0 Å². The second kappa shape index (κ2) is 4.38. The minimum atomic E-state index is -1.07. The molecule has 4 rings (SSSR count). The van der Waals surface area contributed by atoms with E-state index in [0.29, 0.717) is 12.2 Å². The minimum absolute atomic E-state index is 0.223. The van der Waals surface area contributed by atoms with Crippen molar-refractivity contribution in [1.29, 1.82) is 0 Å². The van der Waals surface area contributed by atoms with E-state index in [1.165, 1.54) is 0 Å². The molecule has 2 aromatic carbocycles. The van der Waals surface area contributed by atoms with Crippen LogP contribution in [0.25, 0.3) is 11.1 Å². The van der Waals surface area contributed by atoms with E-state index < -0.39 is 15.5 Å². The lowest BCUT2D eigenvalue weighted by molar-refractivity contribution is -0.123. The molecule has 1 heterocycles. The van der Waals surface area contributed by atoms with Gasteiger partial charge in [-0.25, -0.2) is 0 Å². The third kappa shape index (κ3) is 1.47. The summed E-state index contributed by atoms with van der Waals surface area (Å²) in [5, 5.41) is 0. The number of rotatable bonds is 0. The Hall–Kier alpha value is -1.74. The smallest absolute Gasteiger partial charge is 0.138 e. The second-order valence-electron chi connectivity index (χ2n) is 5.81. The van der Waals surface area contributed by atoms with E-state index in [0.717, 1.165) is 22.3 Å². The summed E-state index contributed by atoms with van der Waals surface area (Å²) >= 11 is 0. The standard InChI is InChI=1S/C18H16O2S/c1-12-17(19)10-11-21(20)18(12)15-8-4-2-6-13(15)14-7-3-5-9-16(14)18/h2-9,12H,10-11H2,1H3. The number of carbonyl (C=O) groups excluding carboxylic acids is 1. The Morgan fingerprint density at radius 3 is 2.10 bits per heavy atom. The molecule has 2 aliphatic rings. The van der Waals surface area contributed by atoms with Gasteiger partial charge in [-0.05, 0) is 22.3 Å². The Bertz CT molecular complexity index is 733. The molecular formula is C18H16O2S. The summed E-state index contributed by atoms with van der Waals surface area (Å²) in [7, 11) is -1.07.